The van der Waals surface area contributed by atoms with Crippen molar-refractivity contribution in [2.45, 2.75) is 209 Å². The third kappa shape index (κ3) is 12.3. The van der Waals surface area contributed by atoms with Crippen molar-refractivity contribution in [2.24, 2.45) is 0 Å². The minimum absolute atomic E-state index is 0.0761. The van der Waals surface area contributed by atoms with Crippen molar-refractivity contribution in [3.05, 3.63) is 207 Å². The summed E-state index contributed by atoms with van der Waals surface area (Å²) in [5.74, 6) is 0. The largest absolute Gasteiger partial charge is 0.0984 e. The van der Waals surface area contributed by atoms with Gasteiger partial charge < -0.3 is 0 Å². The van der Waals surface area contributed by atoms with Gasteiger partial charge in [-0.25, -0.2) is 0 Å². The van der Waals surface area contributed by atoms with Crippen molar-refractivity contribution in [2.75, 3.05) is 0 Å². The van der Waals surface area contributed by atoms with Gasteiger partial charge in [0.05, 0.1) is 0 Å². The Balaban J connectivity index is 0.000000214. The number of hydrogen-bond donors (Lipinski definition) is 0. The first-order valence-corrected chi connectivity index (χ1v) is 29.1. The molecule has 0 spiro atoms. The average Bonchev–Trinajstić information content (AvgIpc) is 3.37. The Bertz CT molecular complexity index is 3150. The maximum absolute atomic E-state index is 4.33. The van der Waals surface area contributed by atoms with Crippen LogP contribution in [-0.4, -0.2) is 0 Å². The number of aryl methyl sites for hydroxylation is 3. The van der Waals surface area contributed by atoms with Gasteiger partial charge >= 0.3 is 0 Å². The van der Waals surface area contributed by atoms with Crippen molar-refractivity contribution < 1.29 is 0 Å². The summed E-state index contributed by atoms with van der Waals surface area (Å²) < 4.78 is 0. The molecule has 9 rings (SSSR count). The summed E-state index contributed by atoms with van der Waals surface area (Å²) in [6.45, 7) is 47.9. The van der Waals surface area contributed by atoms with Gasteiger partial charge in [-0.2, -0.15) is 0 Å². The molecule has 0 atom stereocenters. The lowest BCUT2D eigenvalue weighted by Crippen LogP contribution is -2.37. The molecule has 2 aliphatic carbocycles. The van der Waals surface area contributed by atoms with Crippen LogP contribution in [0.1, 0.15) is 210 Å². The summed E-state index contributed by atoms with van der Waals surface area (Å²) >= 11 is 0. The predicted octanol–water partition coefficient (Wildman–Crippen LogP) is 22.0. The average molecular weight is 1010 g/mol. The Hall–Kier alpha value is -5.72. The molecule has 7 aromatic carbocycles. The van der Waals surface area contributed by atoms with Crippen molar-refractivity contribution in [1.82, 2.24) is 0 Å². The van der Waals surface area contributed by atoms with Gasteiger partial charge in [0.25, 0.3) is 0 Å². The van der Waals surface area contributed by atoms with Crippen LogP contribution in [-0.2, 0) is 51.8 Å². The molecule has 7 aromatic rings. The fourth-order valence-electron chi connectivity index (χ4n) is 11.9. The molecule has 0 aliphatic heterocycles. The first-order chi connectivity index (χ1) is 35.6. The zero-order chi connectivity index (χ0) is 55.8. The summed E-state index contributed by atoms with van der Waals surface area (Å²) in [5.41, 5.74) is 29.1. The Morgan fingerprint density at radius 2 is 0.987 bits per heavy atom. The van der Waals surface area contributed by atoms with Crippen LogP contribution in [0, 0.1) is 13.8 Å². The lowest BCUT2D eigenvalue weighted by Gasteiger charge is -2.45. The van der Waals surface area contributed by atoms with Gasteiger partial charge in [0.2, 0.25) is 0 Å². The first-order valence-electron chi connectivity index (χ1n) is 29.1. The van der Waals surface area contributed by atoms with Gasteiger partial charge in [-0.15, -0.1) is 0 Å². The van der Waals surface area contributed by atoms with Gasteiger partial charge in [0, 0.05) is 0 Å². The highest BCUT2D eigenvalue weighted by Crippen LogP contribution is 2.52. The molecule has 0 saturated heterocycles. The zero-order valence-electron chi connectivity index (χ0n) is 50.9. The van der Waals surface area contributed by atoms with Gasteiger partial charge in [-0.3, -0.25) is 0 Å². The van der Waals surface area contributed by atoms with Gasteiger partial charge in [0.15, 0.2) is 0 Å². The quantitative estimate of drug-likeness (QED) is 0.142. The minimum Gasteiger partial charge on any atom is -0.0984 e. The van der Waals surface area contributed by atoms with E-state index < -0.39 is 0 Å². The molecule has 2 aliphatic rings. The van der Waals surface area contributed by atoms with Crippen molar-refractivity contribution in [3.8, 4) is 44.5 Å². The SMILES string of the molecule is C=Cc1c(C(C)(C)C)cc(C(C)(C)C)cc1C1(CCc2ccc(C(C)(C)C)cc2-c2ccccc2)CCC1.CC.Cc1cccc(-c2cc(C(C)(C)C)cc3c2CCc2cc(C(C)(C)C)c(-c4ccccc4)cc2-3)c1C. The summed E-state index contributed by atoms with van der Waals surface area (Å²) in [6, 6.07) is 50.9. The van der Waals surface area contributed by atoms with Crippen LogP contribution in [0.5, 0.6) is 0 Å². The second-order valence-electron chi connectivity index (χ2n) is 27.5. The molecule has 1 saturated carbocycles. The van der Waals surface area contributed by atoms with E-state index >= 15 is 0 Å². The molecule has 0 heteroatoms. The molecule has 0 nitrogen and oxygen atoms in total. The molecule has 0 heterocycles. The second kappa shape index (κ2) is 22.3. The standard InChI is InChI=1S/C38H50.C36H40.C2H6/c1-11-31-33(37(8,9)10)25-30(36(5,6)7)26-34(31)38(21-15-22-38)23-20-28-18-19-29(35(2,3)4)24-32(28)27-16-13-12-14-17-27;1-23-13-12-16-28(24(23)2)32-20-27(35(3,4)5)21-33-29(32)18-17-26-19-34(36(6,7)8)31(22-30(26)33)25-14-10-9-11-15-25;1-2/h11-14,16-19,24-26H,1,15,20-23H2,2-10H3;9-16,19-22H,17-18H2,1-8H3;1-2H3. The van der Waals surface area contributed by atoms with Crippen molar-refractivity contribution in [3.63, 3.8) is 0 Å². The number of fused-ring (bicyclic) bond motifs is 3. The van der Waals surface area contributed by atoms with Crippen LogP contribution < -0.4 is 0 Å². The third-order valence-electron chi connectivity index (χ3n) is 17.0. The lowest BCUT2D eigenvalue weighted by molar-refractivity contribution is 0.225. The smallest absolute Gasteiger partial charge is 0.00377 e. The molecule has 0 N–H and O–H groups in total. The number of hydrogen-bond acceptors (Lipinski definition) is 0. The van der Waals surface area contributed by atoms with E-state index in [1.165, 1.54) is 131 Å². The molecule has 1 fully saturated rings. The highest BCUT2D eigenvalue weighted by molar-refractivity contribution is 5.87. The van der Waals surface area contributed by atoms with Gasteiger partial charge in [-0.05, 0) is 202 Å². The van der Waals surface area contributed by atoms with Crippen LogP contribution in [0.3, 0.4) is 0 Å². The Morgan fingerprint density at radius 1 is 0.461 bits per heavy atom. The summed E-state index contributed by atoms with van der Waals surface area (Å²) in [5, 5.41) is 0. The van der Waals surface area contributed by atoms with Crippen LogP contribution in [0.2, 0.25) is 0 Å². The van der Waals surface area contributed by atoms with E-state index in [1.807, 2.05) is 13.8 Å². The van der Waals surface area contributed by atoms with Crippen LogP contribution in [0.15, 0.2) is 140 Å². The molecular weight excluding hydrogens is 913 g/mol. The Labute approximate surface area is 463 Å². The fourth-order valence-corrected chi connectivity index (χ4v) is 11.9. The molecular formula is C76H96. The third-order valence-corrected chi connectivity index (χ3v) is 17.0. The Kier molecular flexibility index (Phi) is 17.0. The van der Waals surface area contributed by atoms with Gasteiger partial charge in [-0.1, -0.05) is 264 Å². The second-order valence-corrected chi connectivity index (χ2v) is 27.5. The zero-order valence-corrected chi connectivity index (χ0v) is 50.9. The molecule has 0 aromatic heterocycles. The number of benzene rings is 7. The monoisotopic (exact) mass is 1010 g/mol. The summed E-state index contributed by atoms with van der Waals surface area (Å²) in [7, 11) is 0. The minimum atomic E-state index is 0.0761. The van der Waals surface area contributed by atoms with E-state index in [1.54, 1.807) is 5.56 Å². The molecule has 0 bridgehead atoms. The van der Waals surface area contributed by atoms with E-state index in [0.29, 0.717) is 0 Å². The van der Waals surface area contributed by atoms with E-state index in [2.05, 4.69) is 264 Å². The maximum atomic E-state index is 4.33. The van der Waals surface area contributed by atoms with Crippen molar-refractivity contribution >= 4 is 6.08 Å². The van der Waals surface area contributed by atoms with E-state index in [-0.39, 0.29) is 32.5 Å². The van der Waals surface area contributed by atoms with E-state index in [4.69, 9.17) is 0 Å². The van der Waals surface area contributed by atoms with E-state index in [0.717, 1.165) is 19.3 Å². The fraction of sp³-hybridized carbons (Fsp3) is 0.421. The molecule has 400 valence electrons. The molecule has 76 heavy (non-hydrogen) atoms. The highest BCUT2D eigenvalue weighted by Gasteiger charge is 2.41. The van der Waals surface area contributed by atoms with Gasteiger partial charge in [0.1, 0.15) is 0 Å². The van der Waals surface area contributed by atoms with Crippen LogP contribution in [0.25, 0.3) is 50.6 Å². The molecule has 0 amide bonds. The normalized spacial score (nSPS) is 14.2. The van der Waals surface area contributed by atoms with Crippen LogP contribution >= 0.6 is 0 Å². The summed E-state index contributed by atoms with van der Waals surface area (Å²) in [6.07, 6.45) is 10.5. The predicted molar refractivity (Wildman–Crippen MR) is 337 cm³/mol. The first kappa shape index (κ1) is 58.0. The molecule has 0 unspecified atom stereocenters. The van der Waals surface area contributed by atoms with Crippen LogP contribution in [0.4, 0.5) is 0 Å². The highest BCUT2D eigenvalue weighted by atomic mass is 14.5. The number of rotatable bonds is 8. The van der Waals surface area contributed by atoms with E-state index in [9.17, 15) is 0 Å². The maximum Gasteiger partial charge on any atom is -0.00377 e. The summed E-state index contributed by atoms with van der Waals surface area (Å²) in [4.78, 5) is 0. The lowest BCUT2D eigenvalue weighted by atomic mass is 9.59. The van der Waals surface area contributed by atoms with Crippen molar-refractivity contribution in [1.29, 1.82) is 0 Å². The topological polar surface area (TPSA) is 0 Å². The Morgan fingerprint density at radius 3 is 1.50 bits per heavy atom. The molecule has 0 radical (unpaired) electrons.